The summed E-state index contributed by atoms with van der Waals surface area (Å²) in [4.78, 5) is 21.3. The van der Waals surface area contributed by atoms with Crippen LogP contribution in [0.1, 0.15) is 44.5 Å². The normalized spacial score (nSPS) is 17.5. The van der Waals surface area contributed by atoms with Crippen LogP contribution in [0.5, 0.6) is 0 Å². The molecule has 1 unspecified atom stereocenters. The second-order valence-corrected chi connectivity index (χ2v) is 7.96. The molecule has 0 saturated heterocycles. The second kappa shape index (κ2) is 8.15. The number of alkyl halides is 3. The third-order valence-electron chi connectivity index (χ3n) is 5.99. The first-order valence-electron chi connectivity index (χ1n) is 10.3. The van der Waals surface area contributed by atoms with Gasteiger partial charge in [-0.2, -0.15) is 13.2 Å². The Bertz CT molecular complexity index is 1310. The number of carbonyl (C=O) groups is 1. The van der Waals surface area contributed by atoms with Crippen LogP contribution in [-0.2, 0) is 35.5 Å². The van der Waals surface area contributed by atoms with Gasteiger partial charge in [-0.1, -0.05) is 6.07 Å². The molecule has 178 valence electrons. The third kappa shape index (κ3) is 3.63. The fourth-order valence-electron chi connectivity index (χ4n) is 4.34. The maximum absolute atomic E-state index is 15.0. The van der Waals surface area contributed by atoms with E-state index in [1.807, 2.05) is 0 Å². The van der Waals surface area contributed by atoms with Crippen LogP contribution in [0, 0.1) is 5.82 Å². The van der Waals surface area contributed by atoms with Crippen LogP contribution in [0.25, 0.3) is 10.9 Å². The number of rotatable bonds is 3. The molecule has 1 amide bonds. The molecule has 0 saturated carbocycles. The number of nitrogen functional groups attached to an aromatic ring is 1. The fraction of sp³-hybridized carbons (Fsp3) is 0.318. The number of nitrogens with two attached hydrogens (primary N) is 1. The molecule has 0 radical (unpaired) electrons. The molecule has 2 aliphatic rings. The maximum atomic E-state index is 15.0. The number of halogens is 4. The Balaban J connectivity index is 1.55. The van der Waals surface area contributed by atoms with E-state index >= 15 is 4.39 Å². The zero-order valence-electron chi connectivity index (χ0n) is 17.9. The van der Waals surface area contributed by atoms with E-state index in [0.717, 1.165) is 22.7 Å². The number of carbonyl (C=O) groups excluding carboxylic acids is 1. The number of ether oxygens (including phenoxy) is 2. The Kier molecular flexibility index (Phi) is 5.38. The van der Waals surface area contributed by atoms with Gasteiger partial charge in [-0.25, -0.2) is 19.8 Å². The smallest absolute Gasteiger partial charge is 0.383 e. The van der Waals surface area contributed by atoms with E-state index in [4.69, 9.17) is 15.2 Å². The predicted molar refractivity (Wildman–Crippen MR) is 111 cm³/mol. The number of pyridine rings is 2. The highest BCUT2D eigenvalue weighted by Gasteiger charge is 2.37. The Morgan fingerprint density at radius 1 is 1.15 bits per heavy atom. The van der Waals surface area contributed by atoms with Gasteiger partial charge in [-0.3, -0.25) is 9.80 Å². The van der Waals surface area contributed by atoms with Crippen molar-refractivity contribution < 1.29 is 31.8 Å². The van der Waals surface area contributed by atoms with Crippen LogP contribution in [0.4, 0.5) is 23.4 Å². The van der Waals surface area contributed by atoms with E-state index in [1.165, 1.54) is 19.2 Å². The predicted octanol–water partition coefficient (Wildman–Crippen LogP) is 3.25. The summed E-state index contributed by atoms with van der Waals surface area (Å²) in [6, 6.07) is 3.82. The minimum atomic E-state index is -4.61. The highest BCUT2D eigenvalue weighted by molar-refractivity contribution is 5.99. The molecule has 3 aromatic rings. The van der Waals surface area contributed by atoms with Gasteiger partial charge in [0.1, 0.15) is 17.3 Å². The average molecular weight is 477 g/mol. The summed E-state index contributed by atoms with van der Waals surface area (Å²) in [6.45, 7) is 0.384. The molecule has 0 bridgehead atoms. The zero-order valence-corrected chi connectivity index (χ0v) is 17.9. The molecule has 0 spiro atoms. The van der Waals surface area contributed by atoms with Crippen LogP contribution < -0.4 is 11.2 Å². The molecule has 34 heavy (non-hydrogen) atoms. The lowest BCUT2D eigenvalue weighted by Crippen LogP contribution is -2.46. The van der Waals surface area contributed by atoms with Crippen LogP contribution in [0.3, 0.4) is 0 Å². The van der Waals surface area contributed by atoms with Gasteiger partial charge in [-0.05, 0) is 17.7 Å². The van der Waals surface area contributed by atoms with Crippen molar-refractivity contribution in [3.05, 3.63) is 63.7 Å². The average Bonchev–Trinajstić information content (AvgIpc) is 3.29. The lowest BCUT2D eigenvalue weighted by Gasteiger charge is -2.34. The standard InChI is InChI=1S/C22H19F4N5O3/c1-28-31(18-9-34-8-17-10(18)2-3-19(29-17)22(24,25)26)21(32)12-4-11-13-6-33-7-14(13)20(27)30-16(11)5-15(12)23/h2-5,18,28H,6-9H2,1H3,(H2,27,30). The summed E-state index contributed by atoms with van der Waals surface area (Å²) in [5.74, 6) is -1.30. The second-order valence-electron chi connectivity index (χ2n) is 7.96. The van der Waals surface area contributed by atoms with Crippen molar-refractivity contribution in [3.8, 4) is 0 Å². The zero-order chi connectivity index (χ0) is 24.2. The molecule has 2 aliphatic heterocycles. The summed E-state index contributed by atoms with van der Waals surface area (Å²) in [7, 11) is 1.45. The number of amides is 1. The Morgan fingerprint density at radius 2 is 1.91 bits per heavy atom. The quantitative estimate of drug-likeness (QED) is 0.441. The summed E-state index contributed by atoms with van der Waals surface area (Å²) >= 11 is 0. The molecule has 5 rings (SSSR count). The van der Waals surface area contributed by atoms with Crippen molar-refractivity contribution in [2.24, 2.45) is 0 Å². The highest BCUT2D eigenvalue weighted by Crippen LogP contribution is 2.35. The van der Waals surface area contributed by atoms with Crippen LogP contribution in [0.2, 0.25) is 0 Å². The third-order valence-corrected chi connectivity index (χ3v) is 5.99. The minimum absolute atomic E-state index is 0.0108. The molecule has 12 heteroatoms. The molecular weight excluding hydrogens is 458 g/mol. The van der Waals surface area contributed by atoms with Crippen LogP contribution in [0.15, 0.2) is 24.3 Å². The number of hydrazine groups is 1. The van der Waals surface area contributed by atoms with Gasteiger partial charge < -0.3 is 15.2 Å². The van der Waals surface area contributed by atoms with Gasteiger partial charge in [-0.15, -0.1) is 0 Å². The van der Waals surface area contributed by atoms with Crippen molar-refractivity contribution in [1.82, 2.24) is 20.4 Å². The van der Waals surface area contributed by atoms with Gasteiger partial charge in [0, 0.05) is 29.6 Å². The molecule has 2 aromatic heterocycles. The minimum Gasteiger partial charge on any atom is -0.383 e. The van der Waals surface area contributed by atoms with Gasteiger partial charge in [0.15, 0.2) is 0 Å². The lowest BCUT2D eigenvalue weighted by atomic mass is 9.99. The number of benzene rings is 1. The molecule has 8 nitrogen and oxygen atoms in total. The lowest BCUT2D eigenvalue weighted by molar-refractivity contribution is -0.141. The van der Waals surface area contributed by atoms with Crippen molar-refractivity contribution in [1.29, 1.82) is 0 Å². The van der Waals surface area contributed by atoms with Gasteiger partial charge >= 0.3 is 6.18 Å². The fourth-order valence-corrected chi connectivity index (χ4v) is 4.34. The van der Waals surface area contributed by atoms with Crippen LogP contribution >= 0.6 is 0 Å². The largest absolute Gasteiger partial charge is 0.433 e. The van der Waals surface area contributed by atoms with Gasteiger partial charge in [0.25, 0.3) is 5.91 Å². The molecule has 0 aliphatic carbocycles. The summed E-state index contributed by atoms with van der Waals surface area (Å²) in [5.41, 5.74) is 9.55. The summed E-state index contributed by atoms with van der Waals surface area (Å²) < 4.78 is 65.1. The van der Waals surface area contributed by atoms with Crippen LogP contribution in [-0.4, -0.2) is 34.5 Å². The number of nitrogens with zero attached hydrogens (tertiary/aromatic N) is 3. The summed E-state index contributed by atoms with van der Waals surface area (Å²) in [6.07, 6.45) is -4.61. The van der Waals surface area contributed by atoms with Gasteiger partial charge in [0.05, 0.1) is 49.2 Å². The topological polar surface area (TPSA) is 103 Å². The monoisotopic (exact) mass is 477 g/mol. The van der Waals surface area contributed by atoms with E-state index < -0.39 is 29.6 Å². The van der Waals surface area contributed by atoms with Gasteiger partial charge in [0.2, 0.25) is 0 Å². The van der Waals surface area contributed by atoms with E-state index in [0.29, 0.717) is 22.0 Å². The number of fused-ring (bicyclic) bond motifs is 4. The summed E-state index contributed by atoms with van der Waals surface area (Å²) in [5, 5.41) is 1.66. The van der Waals surface area contributed by atoms with E-state index in [1.54, 1.807) is 0 Å². The molecule has 4 heterocycles. The Morgan fingerprint density at radius 3 is 2.65 bits per heavy atom. The Hall–Kier alpha value is -3.35. The number of anilines is 1. The first kappa shape index (κ1) is 22.4. The van der Waals surface area contributed by atoms with Crippen molar-refractivity contribution in [2.45, 2.75) is 32.0 Å². The molecule has 1 atom stereocenters. The van der Waals surface area contributed by atoms with E-state index in [-0.39, 0.29) is 43.5 Å². The van der Waals surface area contributed by atoms with Crippen molar-refractivity contribution in [2.75, 3.05) is 19.4 Å². The molecular formula is C22H19F4N5O3. The molecule has 1 aromatic carbocycles. The first-order valence-corrected chi connectivity index (χ1v) is 10.3. The maximum Gasteiger partial charge on any atom is 0.433 e. The number of aromatic nitrogens is 2. The number of hydrogen-bond donors (Lipinski definition) is 2. The van der Waals surface area contributed by atoms with Crippen molar-refractivity contribution in [3.63, 3.8) is 0 Å². The highest BCUT2D eigenvalue weighted by atomic mass is 19.4. The number of hydrogen-bond acceptors (Lipinski definition) is 7. The Labute approximate surface area is 190 Å². The molecule has 3 N–H and O–H groups in total. The SMILES string of the molecule is CNN(C(=O)c1cc2c3c(c(N)nc2cc1F)COC3)C1COCc2nc(C(F)(F)F)ccc21. The van der Waals surface area contributed by atoms with E-state index in [2.05, 4.69) is 15.4 Å². The van der Waals surface area contributed by atoms with E-state index in [9.17, 15) is 18.0 Å². The molecule has 0 fully saturated rings. The van der Waals surface area contributed by atoms with Crippen molar-refractivity contribution >= 4 is 22.6 Å². The number of nitrogens with one attached hydrogen (secondary N) is 1. The first-order chi connectivity index (χ1) is 16.2.